The average Bonchev–Trinajstić information content (AvgIpc) is 3.04. The van der Waals surface area contributed by atoms with E-state index in [0.29, 0.717) is 33.0 Å². The molecule has 0 saturated carbocycles. The van der Waals surface area contributed by atoms with Crippen LogP contribution in [0.25, 0.3) is 0 Å². The van der Waals surface area contributed by atoms with E-state index in [1.54, 1.807) is 0 Å². The lowest BCUT2D eigenvalue weighted by Crippen LogP contribution is -2.62. The predicted molar refractivity (Wildman–Crippen MR) is 166 cm³/mol. The van der Waals surface area contributed by atoms with Gasteiger partial charge < -0.3 is 28.4 Å². The zero-order valence-electron chi connectivity index (χ0n) is 25.0. The molecule has 6 nitrogen and oxygen atoms in total. The average molecular weight is 583 g/mol. The summed E-state index contributed by atoms with van der Waals surface area (Å²) in [5.74, 6) is 0. The Morgan fingerprint density at radius 3 is 1.35 bits per heavy atom. The lowest BCUT2D eigenvalue weighted by atomic mass is 9.97. The summed E-state index contributed by atoms with van der Waals surface area (Å²) in [6, 6.07) is 40.5. The molecule has 0 N–H and O–H groups in total. The van der Waals surface area contributed by atoms with Crippen molar-refractivity contribution >= 4 is 0 Å². The molecule has 1 heterocycles. The number of hydrogen-bond acceptors (Lipinski definition) is 6. The zero-order valence-corrected chi connectivity index (χ0v) is 25.0. The maximum atomic E-state index is 6.71. The predicted octanol–water partition coefficient (Wildman–Crippen LogP) is 7.11. The van der Waals surface area contributed by atoms with E-state index in [-0.39, 0.29) is 6.10 Å². The second-order valence-electron chi connectivity index (χ2n) is 11.0. The summed E-state index contributed by atoms with van der Waals surface area (Å²) in [4.78, 5) is 0. The molecule has 0 amide bonds. The molecule has 4 aromatic rings. The van der Waals surface area contributed by atoms with Crippen LogP contribution in [0.4, 0.5) is 0 Å². The largest absolute Gasteiger partial charge is 0.374 e. The summed E-state index contributed by atoms with van der Waals surface area (Å²) >= 11 is 0. The Balaban J connectivity index is 1.42. The number of hydrogen-bond donors (Lipinski definition) is 0. The lowest BCUT2D eigenvalue weighted by Gasteiger charge is -2.46. The van der Waals surface area contributed by atoms with E-state index >= 15 is 0 Å². The Labute approximate surface area is 255 Å². The minimum atomic E-state index is -0.675. The normalized spacial score (nSPS) is 22.1. The number of benzene rings is 4. The lowest BCUT2D eigenvalue weighted by molar-refractivity contribution is -0.334. The van der Waals surface area contributed by atoms with Crippen molar-refractivity contribution in [3.63, 3.8) is 0 Å². The Kier molecular flexibility index (Phi) is 11.9. The highest BCUT2D eigenvalue weighted by atomic mass is 16.7. The second-order valence-corrected chi connectivity index (χ2v) is 11.0. The minimum Gasteiger partial charge on any atom is -0.374 e. The van der Waals surface area contributed by atoms with Crippen LogP contribution in [-0.2, 0) is 54.8 Å². The first-order valence-electron chi connectivity index (χ1n) is 15.0. The molecule has 0 unspecified atom stereocenters. The van der Waals surface area contributed by atoms with Crippen molar-refractivity contribution in [2.24, 2.45) is 0 Å². The Morgan fingerprint density at radius 1 is 0.512 bits per heavy atom. The van der Waals surface area contributed by atoms with Gasteiger partial charge in [-0.25, -0.2) is 0 Å². The van der Waals surface area contributed by atoms with Gasteiger partial charge in [0.2, 0.25) is 0 Å². The number of rotatable bonds is 15. The molecule has 1 fully saturated rings. The third-order valence-corrected chi connectivity index (χ3v) is 7.25. The van der Waals surface area contributed by atoms with Gasteiger partial charge in [-0.1, -0.05) is 121 Å². The molecule has 226 valence electrons. The fraction of sp³-hybridized carbons (Fsp3) is 0.351. The van der Waals surface area contributed by atoms with E-state index in [9.17, 15) is 0 Å². The molecular formula is C37H42O6. The van der Waals surface area contributed by atoms with E-state index in [1.807, 2.05) is 98.8 Å². The van der Waals surface area contributed by atoms with Crippen LogP contribution in [0.2, 0.25) is 0 Å². The molecule has 0 bridgehead atoms. The Morgan fingerprint density at radius 2 is 0.907 bits per heavy atom. The summed E-state index contributed by atoms with van der Waals surface area (Å²) in [5.41, 5.74) is 4.28. The van der Waals surface area contributed by atoms with Crippen LogP contribution in [0, 0.1) is 0 Å². The van der Waals surface area contributed by atoms with Gasteiger partial charge in [-0.2, -0.15) is 0 Å². The molecular weight excluding hydrogens is 540 g/mol. The van der Waals surface area contributed by atoms with E-state index < -0.39 is 30.7 Å². The summed E-state index contributed by atoms with van der Waals surface area (Å²) in [6.07, 6.45) is -2.73. The molecule has 1 aliphatic heterocycles. The zero-order chi connectivity index (χ0) is 29.7. The van der Waals surface area contributed by atoms with Crippen LogP contribution in [-0.4, -0.2) is 43.4 Å². The fourth-order valence-electron chi connectivity index (χ4n) is 5.12. The van der Waals surface area contributed by atoms with Gasteiger partial charge in [0.1, 0.15) is 24.4 Å². The van der Waals surface area contributed by atoms with Crippen molar-refractivity contribution in [3.8, 4) is 0 Å². The van der Waals surface area contributed by atoms with Crippen molar-refractivity contribution in [1.29, 1.82) is 0 Å². The van der Waals surface area contributed by atoms with Gasteiger partial charge in [0.05, 0.1) is 39.1 Å². The van der Waals surface area contributed by atoms with Crippen LogP contribution in [0.1, 0.15) is 36.1 Å². The molecule has 4 aromatic carbocycles. The SMILES string of the molecule is CC(C)O[C@@H]1O[C@H](COCc2ccccc2)[C@H](OCc2ccccc2)[C@H](OCc2ccccc2)[C@H]1OCc1ccccc1. The molecule has 5 rings (SSSR count). The second kappa shape index (κ2) is 16.5. The number of ether oxygens (including phenoxy) is 6. The van der Waals surface area contributed by atoms with Crippen molar-refractivity contribution in [3.05, 3.63) is 144 Å². The van der Waals surface area contributed by atoms with Gasteiger partial charge in [-0.3, -0.25) is 0 Å². The summed E-state index contributed by atoms with van der Waals surface area (Å²) < 4.78 is 39.2. The van der Waals surface area contributed by atoms with E-state index in [0.717, 1.165) is 22.3 Å². The molecule has 0 spiro atoms. The van der Waals surface area contributed by atoms with Crippen molar-refractivity contribution in [2.45, 2.75) is 77.1 Å². The maximum absolute atomic E-state index is 6.71. The smallest absolute Gasteiger partial charge is 0.187 e. The van der Waals surface area contributed by atoms with Gasteiger partial charge in [0.15, 0.2) is 6.29 Å². The van der Waals surface area contributed by atoms with Gasteiger partial charge in [0.25, 0.3) is 0 Å². The van der Waals surface area contributed by atoms with Gasteiger partial charge in [-0.05, 0) is 36.1 Å². The van der Waals surface area contributed by atoms with Crippen molar-refractivity contribution < 1.29 is 28.4 Å². The summed E-state index contributed by atoms with van der Waals surface area (Å²) in [6.45, 7) is 5.95. The molecule has 6 heteroatoms. The minimum absolute atomic E-state index is 0.0877. The first-order chi connectivity index (χ1) is 21.2. The van der Waals surface area contributed by atoms with E-state index in [4.69, 9.17) is 28.4 Å². The van der Waals surface area contributed by atoms with Crippen LogP contribution in [0.3, 0.4) is 0 Å². The molecule has 0 aromatic heterocycles. The van der Waals surface area contributed by atoms with Crippen LogP contribution >= 0.6 is 0 Å². The van der Waals surface area contributed by atoms with Crippen LogP contribution in [0.5, 0.6) is 0 Å². The van der Waals surface area contributed by atoms with Crippen LogP contribution in [0.15, 0.2) is 121 Å². The molecule has 1 aliphatic rings. The Bertz CT molecular complexity index is 1300. The molecule has 5 atom stereocenters. The monoisotopic (exact) mass is 582 g/mol. The van der Waals surface area contributed by atoms with Crippen molar-refractivity contribution in [2.75, 3.05) is 6.61 Å². The van der Waals surface area contributed by atoms with E-state index in [2.05, 4.69) is 36.4 Å². The summed E-state index contributed by atoms with van der Waals surface area (Å²) in [5, 5.41) is 0. The first-order valence-corrected chi connectivity index (χ1v) is 15.0. The van der Waals surface area contributed by atoms with Gasteiger partial charge >= 0.3 is 0 Å². The Hall–Kier alpha value is -3.36. The first kappa shape index (κ1) is 31.1. The summed E-state index contributed by atoms with van der Waals surface area (Å²) in [7, 11) is 0. The molecule has 43 heavy (non-hydrogen) atoms. The van der Waals surface area contributed by atoms with E-state index in [1.165, 1.54) is 0 Å². The quantitative estimate of drug-likeness (QED) is 0.149. The highest BCUT2D eigenvalue weighted by Gasteiger charge is 2.49. The highest BCUT2D eigenvalue weighted by Crippen LogP contribution is 2.32. The molecule has 0 radical (unpaired) electrons. The van der Waals surface area contributed by atoms with Gasteiger partial charge in [-0.15, -0.1) is 0 Å². The maximum Gasteiger partial charge on any atom is 0.187 e. The van der Waals surface area contributed by atoms with Crippen LogP contribution < -0.4 is 0 Å². The highest BCUT2D eigenvalue weighted by molar-refractivity contribution is 5.16. The third kappa shape index (κ3) is 9.57. The topological polar surface area (TPSA) is 55.4 Å². The fourth-order valence-corrected chi connectivity index (χ4v) is 5.12. The standard InChI is InChI=1S/C37H42O6/c1-28(2)42-37-36(41-26-32-21-13-6-14-22-32)35(40-25-31-19-11-5-12-20-31)34(39-24-30-17-9-4-10-18-30)33(43-37)27-38-23-29-15-7-3-8-16-29/h3-22,28,33-37H,23-27H2,1-2H3/t33-,34+,35+,36-,37-/m1/s1. The molecule has 0 aliphatic carbocycles. The van der Waals surface area contributed by atoms with Gasteiger partial charge in [0, 0.05) is 0 Å². The van der Waals surface area contributed by atoms with Crippen molar-refractivity contribution in [1.82, 2.24) is 0 Å². The third-order valence-electron chi connectivity index (χ3n) is 7.25. The molecule has 1 saturated heterocycles.